The molecule has 1 aliphatic heterocycles. The van der Waals surface area contributed by atoms with Crippen LogP contribution in [0.4, 0.5) is 5.82 Å². The Labute approximate surface area is 192 Å². The van der Waals surface area contributed by atoms with Gasteiger partial charge in [0.15, 0.2) is 22.9 Å². The minimum Gasteiger partial charge on any atom is -0.450 e. The molecule has 2 aliphatic rings. The molecule has 4 aromatic rings. The molecule has 160 valence electrons. The molecule has 0 bridgehead atoms. The normalized spacial score (nSPS) is 18.8. The molecule has 1 aliphatic carbocycles. The van der Waals surface area contributed by atoms with Crippen LogP contribution in [0.15, 0.2) is 45.6 Å². The number of hydrazone groups is 1. The number of anilines is 1. The Morgan fingerprint density at radius 2 is 2.03 bits per heavy atom. The van der Waals surface area contributed by atoms with Gasteiger partial charge >= 0.3 is 0 Å². The largest absolute Gasteiger partial charge is 0.450 e. The lowest BCUT2D eigenvalue weighted by atomic mass is 9.96. The van der Waals surface area contributed by atoms with E-state index in [9.17, 15) is 5.11 Å². The minimum absolute atomic E-state index is 0.221. The molecule has 1 fully saturated rings. The highest BCUT2D eigenvalue weighted by atomic mass is 35.5. The van der Waals surface area contributed by atoms with Crippen molar-refractivity contribution < 1.29 is 14.2 Å². The number of furan rings is 1. The van der Waals surface area contributed by atoms with Crippen LogP contribution in [0.25, 0.3) is 38.1 Å². The lowest BCUT2D eigenvalue weighted by molar-refractivity contribution is -0.460. The molecule has 1 saturated carbocycles. The SMILES string of the molecule is Nc1ncc(C2=C[N+](=C3CCC(O)CC3)N=C2)c2c(Cl)c(-c3cccc4ncsc34)oc12. The second kappa shape index (κ2) is 7.51. The first-order valence-electron chi connectivity index (χ1n) is 10.4. The van der Waals surface area contributed by atoms with Gasteiger partial charge in [0.1, 0.15) is 6.21 Å². The summed E-state index contributed by atoms with van der Waals surface area (Å²) >= 11 is 8.45. The van der Waals surface area contributed by atoms with Crippen LogP contribution in [0.1, 0.15) is 31.2 Å². The van der Waals surface area contributed by atoms with Gasteiger partial charge < -0.3 is 15.3 Å². The molecule has 0 atom stereocenters. The standard InChI is InChI=1S/C23H19ClN5O2S/c24-19-18-16(12-8-28-29(10-12)13-4-6-14(30)7-5-13)9-26-23(25)21(18)31-20(19)15-2-1-3-17-22(15)32-11-27-17/h1-3,8-11,14,30H,4-7H2,(H2,25,26)/q+1. The van der Waals surface area contributed by atoms with Crippen molar-refractivity contribution in [2.75, 3.05) is 5.73 Å². The number of aliphatic hydroxyl groups excluding tert-OH is 1. The highest BCUT2D eigenvalue weighted by Gasteiger charge is 2.28. The summed E-state index contributed by atoms with van der Waals surface area (Å²) in [5, 5.41) is 15.6. The third-order valence-electron chi connectivity index (χ3n) is 6.04. The maximum atomic E-state index is 9.79. The Hall–Kier alpha value is -3.07. The van der Waals surface area contributed by atoms with Gasteiger partial charge in [0, 0.05) is 30.2 Å². The maximum Gasteiger partial charge on any atom is 0.211 e. The lowest BCUT2D eigenvalue weighted by Gasteiger charge is -2.14. The molecule has 0 radical (unpaired) electrons. The van der Waals surface area contributed by atoms with Crippen molar-refractivity contribution in [1.29, 1.82) is 0 Å². The van der Waals surface area contributed by atoms with E-state index >= 15 is 0 Å². The summed E-state index contributed by atoms with van der Waals surface area (Å²) in [5.41, 5.74) is 13.1. The smallest absolute Gasteiger partial charge is 0.211 e. The van der Waals surface area contributed by atoms with Crippen molar-refractivity contribution in [3.05, 3.63) is 46.7 Å². The summed E-state index contributed by atoms with van der Waals surface area (Å²) in [7, 11) is 0. The fourth-order valence-electron chi connectivity index (χ4n) is 4.35. The van der Waals surface area contributed by atoms with E-state index in [0.717, 1.165) is 58.0 Å². The number of aliphatic hydroxyl groups is 1. The quantitative estimate of drug-likeness (QED) is 0.403. The predicted octanol–water partition coefficient (Wildman–Crippen LogP) is 5.07. The van der Waals surface area contributed by atoms with Gasteiger partial charge in [0.05, 0.1) is 37.8 Å². The number of nitrogen functional groups attached to an aromatic ring is 1. The van der Waals surface area contributed by atoms with Crippen molar-refractivity contribution in [2.24, 2.45) is 5.10 Å². The number of thiazole rings is 1. The van der Waals surface area contributed by atoms with Gasteiger partial charge in [-0.1, -0.05) is 22.4 Å². The highest BCUT2D eigenvalue weighted by Crippen LogP contribution is 2.44. The number of nitrogens with zero attached hydrogens (tertiary/aromatic N) is 4. The highest BCUT2D eigenvalue weighted by molar-refractivity contribution is 7.17. The van der Waals surface area contributed by atoms with Crippen molar-refractivity contribution in [3.8, 4) is 11.3 Å². The molecular formula is C23H19ClN5O2S+. The number of benzene rings is 1. The van der Waals surface area contributed by atoms with Gasteiger partial charge in [-0.05, 0) is 30.1 Å². The van der Waals surface area contributed by atoms with Crippen LogP contribution in [0.3, 0.4) is 0 Å². The van der Waals surface area contributed by atoms with E-state index in [1.807, 2.05) is 34.6 Å². The van der Waals surface area contributed by atoms with E-state index in [4.69, 9.17) is 21.8 Å². The molecule has 1 aromatic carbocycles. The van der Waals surface area contributed by atoms with Crippen LogP contribution in [0.5, 0.6) is 0 Å². The fraction of sp³-hybridized carbons (Fsp3) is 0.217. The topological polar surface area (TPSA) is 101 Å². The van der Waals surface area contributed by atoms with E-state index in [1.165, 1.54) is 5.71 Å². The fourth-order valence-corrected chi connectivity index (χ4v) is 5.47. The first-order valence-corrected chi connectivity index (χ1v) is 11.6. The number of hydrogen-bond acceptors (Lipinski definition) is 7. The van der Waals surface area contributed by atoms with Gasteiger partial charge in [0.25, 0.3) is 0 Å². The van der Waals surface area contributed by atoms with Gasteiger partial charge in [-0.2, -0.15) is 0 Å². The summed E-state index contributed by atoms with van der Waals surface area (Å²) in [6.07, 6.45) is 8.45. The van der Waals surface area contributed by atoms with E-state index in [1.54, 1.807) is 23.7 Å². The molecule has 7 nitrogen and oxygen atoms in total. The van der Waals surface area contributed by atoms with Crippen molar-refractivity contribution in [1.82, 2.24) is 9.97 Å². The molecule has 0 amide bonds. The number of pyridine rings is 1. The van der Waals surface area contributed by atoms with E-state index in [0.29, 0.717) is 16.4 Å². The molecule has 9 heteroatoms. The molecule has 0 saturated heterocycles. The van der Waals surface area contributed by atoms with Crippen LogP contribution < -0.4 is 5.73 Å². The molecule has 3 N–H and O–H groups in total. The van der Waals surface area contributed by atoms with Crippen LogP contribution in [0.2, 0.25) is 5.02 Å². The molecule has 3 aromatic heterocycles. The van der Waals surface area contributed by atoms with Crippen molar-refractivity contribution >= 4 is 67.4 Å². The Bertz CT molecular complexity index is 1470. The van der Waals surface area contributed by atoms with Gasteiger partial charge in [-0.3, -0.25) is 0 Å². The summed E-state index contributed by atoms with van der Waals surface area (Å²) in [6, 6.07) is 5.87. The van der Waals surface area contributed by atoms with E-state index in [-0.39, 0.29) is 11.9 Å². The van der Waals surface area contributed by atoms with Crippen molar-refractivity contribution in [2.45, 2.75) is 31.8 Å². The summed E-state index contributed by atoms with van der Waals surface area (Å²) in [5.74, 6) is 0.844. The number of halogens is 1. The lowest BCUT2D eigenvalue weighted by Crippen LogP contribution is -2.22. The van der Waals surface area contributed by atoms with Crippen LogP contribution >= 0.6 is 22.9 Å². The average Bonchev–Trinajstić information content (AvgIpc) is 3.54. The number of aromatic nitrogens is 2. The molecule has 0 spiro atoms. The Kier molecular flexibility index (Phi) is 4.60. The van der Waals surface area contributed by atoms with Gasteiger partial charge in [-0.15, -0.1) is 11.3 Å². The molecule has 0 unspecified atom stereocenters. The molecule has 6 rings (SSSR count). The molecule has 4 heterocycles. The summed E-state index contributed by atoms with van der Waals surface area (Å²) in [4.78, 5) is 8.75. The second-order valence-electron chi connectivity index (χ2n) is 7.98. The Morgan fingerprint density at radius 3 is 2.88 bits per heavy atom. The van der Waals surface area contributed by atoms with Crippen LogP contribution in [-0.4, -0.2) is 37.8 Å². The third-order valence-corrected chi connectivity index (χ3v) is 7.27. The number of fused-ring (bicyclic) bond motifs is 2. The van der Waals surface area contributed by atoms with Gasteiger partial charge in [0.2, 0.25) is 6.20 Å². The average molecular weight is 465 g/mol. The number of nitrogens with two attached hydrogens (primary N) is 1. The zero-order valence-corrected chi connectivity index (χ0v) is 18.5. The molecular weight excluding hydrogens is 446 g/mol. The summed E-state index contributed by atoms with van der Waals surface area (Å²) in [6.45, 7) is 0. The molecule has 32 heavy (non-hydrogen) atoms. The first kappa shape index (κ1) is 19.6. The first-order chi connectivity index (χ1) is 15.6. The van der Waals surface area contributed by atoms with Crippen LogP contribution in [-0.2, 0) is 0 Å². The van der Waals surface area contributed by atoms with Crippen LogP contribution in [0, 0.1) is 0 Å². The Morgan fingerprint density at radius 1 is 1.19 bits per heavy atom. The summed E-state index contributed by atoms with van der Waals surface area (Å²) < 4.78 is 9.09. The minimum atomic E-state index is -0.221. The maximum absolute atomic E-state index is 9.79. The zero-order valence-electron chi connectivity index (χ0n) is 17.0. The van der Waals surface area contributed by atoms with E-state index in [2.05, 4.69) is 15.1 Å². The number of rotatable bonds is 2. The van der Waals surface area contributed by atoms with Crippen molar-refractivity contribution in [3.63, 3.8) is 0 Å². The monoisotopic (exact) mass is 464 g/mol. The predicted molar refractivity (Wildman–Crippen MR) is 128 cm³/mol. The van der Waals surface area contributed by atoms with E-state index < -0.39 is 0 Å². The second-order valence-corrected chi connectivity index (χ2v) is 9.22. The zero-order chi connectivity index (χ0) is 21.8. The number of hydrogen-bond donors (Lipinski definition) is 2. The Balaban J connectivity index is 1.51. The third kappa shape index (κ3) is 3.06. The number of allylic oxidation sites excluding steroid dienone is 1. The van der Waals surface area contributed by atoms with Gasteiger partial charge in [-0.25, -0.2) is 9.97 Å².